The van der Waals surface area contributed by atoms with Crippen molar-refractivity contribution in [3.63, 3.8) is 0 Å². The van der Waals surface area contributed by atoms with Crippen LogP contribution >= 0.6 is 0 Å². The normalized spacial score (nSPS) is 10.2. The monoisotopic (exact) mass is 354 g/mol. The molecule has 0 aliphatic heterocycles. The molecule has 0 saturated carbocycles. The molecule has 2 aromatic rings. The Balaban J connectivity index is 2.24. The second-order valence-electron chi connectivity index (χ2n) is 5.97. The molecule has 0 heterocycles. The van der Waals surface area contributed by atoms with Gasteiger partial charge in [-0.1, -0.05) is 31.2 Å². The Bertz CT molecular complexity index is 803. The number of aliphatic carboxylic acids is 1. The molecule has 0 aliphatic carbocycles. The number of rotatable bonds is 7. The van der Waals surface area contributed by atoms with Gasteiger partial charge in [0.2, 0.25) is 0 Å². The van der Waals surface area contributed by atoms with Gasteiger partial charge < -0.3 is 15.3 Å². The molecule has 0 aromatic heterocycles. The Kier molecular flexibility index (Phi) is 6.49. The summed E-state index contributed by atoms with van der Waals surface area (Å²) >= 11 is 0. The number of anilines is 1. The van der Waals surface area contributed by atoms with Crippen LogP contribution in [0.3, 0.4) is 0 Å². The Morgan fingerprint density at radius 3 is 2.35 bits per heavy atom. The first-order chi connectivity index (χ1) is 12.4. The predicted molar refractivity (Wildman–Crippen MR) is 99.4 cm³/mol. The number of carboxylic acids is 1. The van der Waals surface area contributed by atoms with E-state index in [1.54, 1.807) is 42.5 Å². The quantitative estimate of drug-likeness (QED) is 0.799. The second-order valence-corrected chi connectivity index (χ2v) is 5.97. The molecule has 0 fully saturated rings. The number of carbonyl (C=O) groups is 3. The highest BCUT2D eigenvalue weighted by Gasteiger charge is 2.19. The van der Waals surface area contributed by atoms with Crippen LogP contribution in [0.25, 0.3) is 0 Å². The zero-order chi connectivity index (χ0) is 19.1. The zero-order valence-electron chi connectivity index (χ0n) is 14.9. The third-order valence-electron chi connectivity index (χ3n) is 3.88. The predicted octanol–water partition coefficient (Wildman–Crippen LogP) is 3.18. The van der Waals surface area contributed by atoms with Gasteiger partial charge in [0.15, 0.2) is 0 Å². The van der Waals surface area contributed by atoms with E-state index in [1.807, 2.05) is 19.9 Å². The van der Waals surface area contributed by atoms with Crippen LogP contribution in [-0.2, 0) is 4.79 Å². The van der Waals surface area contributed by atoms with Gasteiger partial charge in [-0.2, -0.15) is 0 Å². The molecule has 6 nitrogen and oxygen atoms in total. The standard InChI is InChI=1S/C20H22N2O4/c1-3-11-22(13-18(23)24)20(26)16-10-9-14(2)17(12-16)21-19(25)15-7-5-4-6-8-15/h4-10,12H,3,11,13H2,1-2H3,(H,21,25)(H,23,24). The van der Waals surface area contributed by atoms with E-state index in [4.69, 9.17) is 5.11 Å². The van der Waals surface area contributed by atoms with Crippen LogP contribution in [0.15, 0.2) is 48.5 Å². The summed E-state index contributed by atoms with van der Waals surface area (Å²) in [5.41, 5.74) is 2.19. The van der Waals surface area contributed by atoms with Crippen LogP contribution in [0.4, 0.5) is 5.69 Å². The Labute approximate surface area is 152 Å². The highest BCUT2D eigenvalue weighted by Crippen LogP contribution is 2.19. The maximum atomic E-state index is 12.6. The van der Waals surface area contributed by atoms with Crippen LogP contribution in [-0.4, -0.2) is 40.9 Å². The number of hydrogen-bond donors (Lipinski definition) is 2. The Hall–Kier alpha value is -3.15. The molecule has 2 aromatic carbocycles. The molecule has 0 radical (unpaired) electrons. The zero-order valence-corrected chi connectivity index (χ0v) is 14.9. The lowest BCUT2D eigenvalue weighted by molar-refractivity contribution is -0.137. The average molecular weight is 354 g/mol. The van der Waals surface area contributed by atoms with Gasteiger partial charge in [0.05, 0.1) is 0 Å². The van der Waals surface area contributed by atoms with E-state index in [2.05, 4.69) is 5.32 Å². The van der Waals surface area contributed by atoms with Crippen molar-refractivity contribution in [3.05, 3.63) is 65.2 Å². The molecule has 6 heteroatoms. The molecule has 136 valence electrons. The fourth-order valence-electron chi connectivity index (χ4n) is 2.54. The summed E-state index contributed by atoms with van der Waals surface area (Å²) in [5.74, 6) is -1.70. The summed E-state index contributed by atoms with van der Waals surface area (Å²) < 4.78 is 0. The first kappa shape index (κ1) is 19.2. The minimum atomic E-state index is -1.06. The summed E-state index contributed by atoms with van der Waals surface area (Å²) in [5, 5.41) is 11.8. The maximum Gasteiger partial charge on any atom is 0.323 e. The molecule has 2 N–H and O–H groups in total. The van der Waals surface area contributed by atoms with Crippen molar-refractivity contribution in [1.82, 2.24) is 4.90 Å². The number of hydrogen-bond acceptors (Lipinski definition) is 3. The fourth-order valence-corrected chi connectivity index (χ4v) is 2.54. The summed E-state index contributed by atoms with van der Waals surface area (Å²) in [6.07, 6.45) is 0.655. The van der Waals surface area contributed by atoms with Crippen LogP contribution in [0, 0.1) is 6.92 Å². The number of nitrogens with zero attached hydrogens (tertiary/aromatic N) is 1. The molecule has 2 rings (SSSR count). The second kappa shape index (κ2) is 8.80. The van der Waals surface area contributed by atoms with Gasteiger partial charge in [-0.25, -0.2) is 0 Å². The van der Waals surface area contributed by atoms with Gasteiger partial charge in [-0.3, -0.25) is 14.4 Å². The van der Waals surface area contributed by atoms with Crippen molar-refractivity contribution in [2.45, 2.75) is 20.3 Å². The SMILES string of the molecule is CCCN(CC(=O)O)C(=O)c1ccc(C)c(NC(=O)c2ccccc2)c1. The van der Waals surface area contributed by atoms with Crippen molar-refractivity contribution >= 4 is 23.5 Å². The summed E-state index contributed by atoms with van der Waals surface area (Å²) in [4.78, 5) is 37.3. The van der Waals surface area contributed by atoms with E-state index in [9.17, 15) is 14.4 Å². The molecule has 0 bridgehead atoms. The van der Waals surface area contributed by atoms with E-state index in [0.717, 1.165) is 5.56 Å². The molecule has 26 heavy (non-hydrogen) atoms. The lowest BCUT2D eigenvalue weighted by Crippen LogP contribution is -2.36. The number of aryl methyl sites for hydroxylation is 1. The minimum Gasteiger partial charge on any atom is -0.480 e. The van der Waals surface area contributed by atoms with E-state index in [0.29, 0.717) is 29.8 Å². The minimum absolute atomic E-state index is 0.269. The molecular formula is C20H22N2O4. The van der Waals surface area contributed by atoms with Crippen LogP contribution in [0.2, 0.25) is 0 Å². The van der Waals surface area contributed by atoms with E-state index in [1.165, 1.54) is 4.90 Å². The number of benzene rings is 2. The molecule has 0 atom stereocenters. The molecule has 2 amide bonds. The third kappa shape index (κ3) is 4.92. The summed E-state index contributed by atoms with van der Waals surface area (Å²) in [6, 6.07) is 13.7. The number of nitrogens with one attached hydrogen (secondary N) is 1. The topological polar surface area (TPSA) is 86.7 Å². The largest absolute Gasteiger partial charge is 0.480 e. The van der Waals surface area contributed by atoms with Crippen molar-refractivity contribution in [2.75, 3.05) is 18.4 Å². The third-order valence-corrected chi connectivity index (χ3v) is 3.88. The van der Waals surface area contributed by atoms with Gasteiger partial charge in [-0.15, -0.1) is 0 Å². The van der Waals surface area contributed by atoms with Crippen molar-refractivity contribution in [1.29, 1.82) is 0 Å². The number of carbonyl (C=O) groups excluding carboxylic acids is 2. The van der Waals surface area contributed by atoms with Crippen LogP contribution in [0.1, 0.15) is 39.6 Å². The molecule has 0 aliphatic rings. The smallest absolute Gasteiger partial charge is 0.323 e. The highest BCUT2D eigenvalue weighted by atomic mass is 16.4. The van der Waals surface area contributed by atoms with E-state index in [-0.39, 0.29) is 18.4 Å². The van der Waals surface area contributed by atoms with Gasteiger partial charge in [0, 0.05) is 23.4 Å². The van der Waals surface area contributed by atoms with E-state index < -0.39 is 5.97 Å². The lowest BCUT2D eigenvalue weighted by Gasteiger charge is -2.20. The lowest BCUT2D eigenvalue weighted by atomic mass is 10.1. The van der Waals surface area contributed by atoms with Gasteiger partial charge in [0.1, 0.15) is 6.54 Å². The Morgan fingerprint density at radius 2 is 1.73 bits per heavy atom. The fraction of sp³-hybridized carbons (Fsp3) is 0.250. The number of amides is 2. The summed E-state index contributed by atoms with van der Waals surface area (Å²) in [7, 11) is 0. The van der Waals surface area contributed by atoms with Crippen molar-refractivity contribution < 1.29 is 19.5 Å². The van der Waals surface area contributed by atoms with Gasteiger partial charge in [-0.05, 0) is 43.2 Å². The van der Waals surface area contributed by atoms with Crippen molar-refractivity contribution in [3.8, 4) is 0 Å². The maximum absolute atomic E-state index is 12.6. The van der Waals surface area contributed by atoms with E-state index >= 15 is 0 Å². The molecule has 0 saturated heterocycles. The first-order valence-electron chi connectivity index (χ1n) is 8.40. The Morgan fingerprint density at radius 1 is 1.04 bits per heavy atom. The highest BCUT2D eigenvalue weighted by molar-refractivity contribution is 6.05. The van der Waals surface area contributed by atoms with Crippen molar-refractivity contribution in [2.24, 2.45) is 0 Å². The van der Waals surface area contributed by atoms with Crippen LogP contribution in [0.5, 0.6) is 0 Å². The van der Waals surface area contributed by atoms with Gasteiger partial charge >= 0.3 is 5.97 Å². The molecule has 0 unspecified atom stereocenters. The average Bonchev–Trinajstić information content (AvgIpc) is 2.63. The first-order valence-corrected chi connectivity index (χ1v) is 8.40. The summed E-state index contributed by atoms with van der Waals surface area (Å²) in [6.45, 7) is 3.70. The van der Waals surface area contributed by atoms with Gasteiger partial charge in [0.25, 0.3) is 11.8 Å². The number of carboxylic acid groups (broad SMARTS) is 1. The molecular weight excluding hydrogens is 332 g/mol. The molecule has 0 spiro atoms. The van der Waals surface area contributed by atoms with Crippen LogP contribution < -0.4 is 5.32 Å².